The first-order chi connectivity index (χ1) is 6.28. The summed E-state index contributed by atoms with van der Waals surface area (Å²) in [5.74, 6) is 0. The quantitative estimate of drug-likeness (QED) is 0.212. The van der Waals surface area contributed by atoms with Crippen LogP contribution in [0.3, 0.4) is 0 Å². The Balaban J connectivity index is 2.84. The second-order valence-corrected chi connectivity index (χ2v) is 3.27. The molecular formula is C6H14N2O6. The van der Waals surface area contributed by atoms with Gasteiger partial charge < -0.3 is 36.0 Å². The summed E-state index contributed by atoms with van der Waals surface area (Å²) in [5.41, 5.74) is 7.57. The standard InChI is InChI=1S/C6H14N2O6/c7-4(11)2-1(9)3(10)6(8,13)5(12)14-2/h1-5,9-13H,7-8H2. The van der Waals surface area contributed by atoms with Crippen LogP contribution >= 0.6 is 0 Å². The third-order valence-electron chi connectivity index (χ3n) is 2.15. The zero-order chi connectivity index (χ0) is 11.1. The van der Waals surface area contributed by atoms with E-state index in [9.17, 15) is 15.3 Å². The summed E-state index contributed by atoms with van der Waals surface area (Å²) in [5, 5.41) is 45.8. The first-order valence-electron chi connectivity index (χ1n) is 3.93. The van der Waals surface area contributed by atoms with Crippen LogP contribution in [0.4, 0.5) is 0 Å². The van der Waals surface area contributed by atoms with Crippen LogP contribution in [0.1, 0.15) is 0 Å². The Morgan fingerprint density at radius 2 is 1.79 bits per heavy atom. The molecule has 84 valence electrons. The molecule has 1 saturated heterocycles. The average Bonchev–Trinajstić information content (AvgIpc) is 2.08. The highest BCUT2D eigenvalue weighted by molar-refractivity contribution is 4.97. The number of ether oxygens (including phenoxy) is 1. The van der Waals surface area contributed by atoms with Crippen LogP contribution in [0.25, 0.3) is 0 Å². The van der Waals surface area contributed by atoms with Crippen molar-refractivity contribution in [2.24, 2.45) is 11.5 Å². The Hall–Kier alpha value is -0.320. The molecule has 14 heavy (non-hydrogen) atoms. The van der Waals surface area contributed by atoms with Crippen molar-refractivity contribution in [3.63, 3.8) is 0 Å². The maximum atomic E-state index is 9.30. The van der Waals surface area contributed by atoms with Gasteiger partial charge in [0.25, 0.3) is 0 Å². The molecule has 0 aromatic heterocycles. The van der Waals surface area contributed by atoms with Gasteiger partial charge in [0.1, 0.15) is 24.5 Å². The Kier molecular flexibility index (Phi) is 3.09. The van der Waals surface area contributed by atoms with Crippen LogP contribution in [0.5, 0.6) is 0 Å². The first-order valence-corrected chi connectivity index (χ1v) is 3.93. The molecule has 0 spiro atoms. The summed E-state index contributed by atoms with van der Waals surface area (Å²) in [6.07, 6.45) is -8.51. The predicted octanol–water partition coefficient (Wildman–Crippen LogP) is -4.65. The molecule has 0 saturated carbocycles. The van der Waals surface area contributed by atoms with Crippen LogP contribution in [-0.4, -0.2) is 62.1 Å². The number of aliphatic hydroxyl groups excluding tert-OH is 4. The van der Waals surface area contributed by atoms with E-state index in [2.05, 4.69) is 4.74 Å². The summed E-state index contributed by atoms with van der Waals surface area (Å²) in [6, 6.07) is 0. The maximum Gasteiger partial charge on any atom is 0.200 e. The van der Waals surface area contributed by atoms with E-state index in [4.69, 9.17) is 21.7 Å². The molecule has 0 aromatic rings. The van der Waals surface area contributed by atoms with E-state index in [1.54, 1.807) is 0 Å². The van der Waals surface area contributed by atoms with Crippen molar-refractivity contribution in [1.29, 1.82) is 0 Å². The van der Waals surface area contributed by atoms with Crippen LogP contribution in [0.2, 0.25) is 0 Å². The summed E-state index contributed by atoms with van der Waals surface area (Å²) >= 11 is 0. The lowest BCUT2D eigenvalue weighted by molar-refractivity contribution is -0.335. The van der Waals surface area contributed by atoms with Gasteiger partial charge in [-0.3, -0.25) is 5.73 Å². The van der Waals surface area contributed by atoms with Gasteiger partial charge in [-0.25, -0.2) is 0 Å². The van der Waals surface area contributed by atoms with Gasteiger partial charge in [0.2, 0.25) is 6.29 Å². The number of nitrogens with two attached hydrogens (primary N) is 2. The highest BCUT2D eigenvalue weighted by atomic mass is 16.6. The number of aliphatic hydroxyl groups is 5. The van der Waals surface area contributed by atoms with Crippen molar-refractivity contribution in [3.05, 3.63) is 0 Å². The van der Waals surface area contributed by atoms with Crippen molar-refractivity contribution in [2.45, 2.75) is 36.6 Å². The molecule has 1 heterocycles. The third kappa shape index (κ3) is 1.74. The van der Waals surface area contributed by atoms with E-state index in [0.717, 1.165) is 0 Å². The second-order valence-electron chi connectivity index (χ2n) is 3.27. The molecule has 0 amide bonds. The molecule has 1 aliphatic rings. The van der Waals surface area contributed by atoms with Crippen molar-refractivity contribution >= 4 is 0 Å². The van der Waals surface area contributed by atoms with Crippen molar-refractivity contribution in [2.75, 3.05) is 0 Å². The van der Waals surface area contributed by atoms with Gasteiger partial charge in [-0.05, 0) is 0 Å². The minimum absolute atomic E-state index is 1.41. The van der Waals surface area contributed by atoms with Gasteiger partial charge >= 0.3 is 0 Å². The summed E-state index contributed by atoms with van der Waals surface area (Å²) in [6.45, 7) is 0. The largest absolute Gasteiger partial charge is 0.387 e. The Morgan fingerprint density at radius 1 is 1.29 bits per heavy atom. The van der Waals surface area contributed by atoms with E-state index in [0.29, 0.717) is 0 Å². The topological polar surface area (TPSA) is 162 Å². The average molecular weight is 210 g/mol. The molecule has 1 rings (SSSR count). The smallest absolute Gasteiger partial charge is 0.200 e. The molecular weight excluding hydrogens is 196 g/mol. The minimum Gasteiger partial charge on any atom is -0.387 e. The van der Waals surface area contributed by atoms with Crippen LogP contribution in [-0.2, 0) is 4.74 Å². The molecule has 1 aliphatic heterocycles. The fourth-order valence-electron chi connectivity index (χ4n) is 1.22. The normalized spacial score (nSPS) is 51.6. The van der Waals surface area contributed by atoms with E-state index in [-0.39, 0.29) is 0 Å². The number of hydrogen-bond donors (Lipinski definition) is 7. The number of rotatable bonds is 1. The van der Waals surface area contributed by atoms with Crippen LogP contribution in [0.15, 0.2) is 0 Å². The lowest BCUT2D eigenvalue weighted by atomic mass is 9.93. The van der Waals surface area contributed by atoms with E-state index in [1.165, 1.54) is 0 Å². The van der Waals surface area contributed by atoms with Gasteiger partial charge in [0.05, 0.1) is 0 Å². The van der Waals surface area contributed by atoms with E-state index >= 15 is 0 Å². The molecule has 6 atom stereocenters. The molecule has 6 unspecified atom stereocenters. The minimum atomic E-state index is -2.50. The molecule has 0 radical (unpaired) electrons. The van der Waals surface area contributed by atoms with Crippen molar-refractivity contribution in [1.82, 2.24) is 0 Å². The zero-order valence-corrected chi connectivity index (χ0v) is 7.19. The van der Waals surface area contributed by atoms with Crippen LogP contribution in [0, 0.1) is 0 Å². The summed E-state index contributed by atoms with van der Waals surface area (Å²) in [4.78, 5) is 0. The van der Waals surface area contributed by atoms with E-state index in [1.807, 2.05) is 0 Å². The molecule has 9 N–H and O–H groups in total. The molecule has 0 aliphatic carbocycles. The fourth-order valence-corrected chi connectivity index (χ4v) is 1.22. The Labute approximate surface area is 79.3 Å². The maximum absolute atomic E-state index is 9.30. The summed E-state index contributed by atoms with van der Waals surface area (Å²) < 4.78 is 4.54. The lowest BCUT2D eigenvalue weighted by Gasteiger charge is -2.44. The lowest BCUT2D eigenvalue weighted by Crippen LogP contribution is -2.72. The second kappa shape index (κ2) is 3.68. The fraction of sp³-hybridized carbons (Fsp3) is 1.00. The van der Waals surface area contributed by atoms with Gasteiger partial charge in [-0.2, -0.15) is 0 Å². The summed E-state index contributed by atoms with van der Waals surface area (Å²) in [7, 11) is 0. The molecule has 0 bridgehead atoms. The molecule has 1 fully saturated rings. The van der Waals surface area contributed by atoms with Gasteiger partial charge in [0.15, 0.2) is 5.72 Å². The third-order valence-corrected chi connectivity index (χ3v) is 2.15. The van der Waals surface area contributed by atoms with Gasteiger partial charge in [-0.15, -0.1) is 0 Å². The number of hydrogen-bond acceptors (Lipinski definition) is 8. The highest BCUT2D eigenvalue weighted by Crippen LogP contribution is 2.25. The Morgan fingerprint density at radius 3 is 2.21 bits per heavy atom. The highest BCUT2D eigenvalue weighted by Gasteiger charge is 2.53. The molecule has 8 heteroatoms. The first kappa shape index (κ1) is 11.8. The monoisotopic (exact) mass is 210 g/mol. The van der Waals surface area contributed by atoms with E-state index < -0.39 is 36.6 Å². The molecule has 8 nitrogen and oxygen atoms in total. The van der Waals surface area contributed by atoms with Crippen molar-refractivity contribution < 1.29 is 30.3 Å². The Bertz CT molecular complexity index is 208. The molecule has 0 aromatic carbocycles. The van der Waals surface area contributed by atoms with Gasteiger partial charge in [-0.1, -0.05) is 0 Å². The SMILES string of the molecule is NC(O)C1OC(O)C(N)(O)C(O)C1O. The van der Waals surface area contributed by atoms with Crippen LogP contribution < -0.4 is 11.5 Å². The van der Waals surface area contributed by atoms with Gasteiger partial charge in [0, 0.05) is 0 Å². The van der Waals surface area contributed by atoms with Crippen molar-refractivity contribution in [3.8, 4) is 0 Å². The zero-order valence-electron chi connectivity index (χ0n) is 7.19. The predicted molar refractivity (Wildman–Crippen MR) is 42.2 cm³/mol.